The lowest BCUT2D eigenvalue weighted by atomic mass is 10.2. The Balaban J connectivity index is 1.67. The first-order valence-electron chi connectivity index (χ1n) is 7.95. The highest BCUT2D eigenvalue weighted by atomic mass is 79.9. The average Bonchev–Trinajstić information content (AvgIpc) is 3.08. The SMILES string of the molecule is O=C(COc1ccc(Br)cc1F)Nc1cc(Cl)ccc1N1CCCC1. The molecule has 1 saturated heterocycles. The van der Waals surface area contributed by atoms with Gasteiger partial charge in [0.05, 0.1) is 11.4 Å². The highest BCUT2D eigenvalue weighted by molar-refractivity contribution is 9.10. The molecule has 3 rings (SSSR count). The first-order chi connectivity index (χ1) is 12.0. The molecule has 1 heterocycles. The average molecular weight is 428 g/mol. The maximum absolute atomic E-state index is 13.7. The molecule has 0 radical (unpaired) electrons. The summed E-state index contributed by atoms with van der Waals surface area (Å²) in [6.07, 6.45) is 2.25. The highest BCUT2D eigenvalue weighted by Crippen LogP contribution is 2.31. The molecule has 0 saturated carbocycles. The van der Waals surface area contributed by atoms with Gasteiger partial charge in [0.25, 0.3) is 5.91 Å². The molecule has 0 aliphatic carbocycles. The number of hydrogen-bond donors (Lipinski definition) is 1. The predicted molar refractivity (Wildman–Crippen MR) is 101 cm³/mol. The second-order valence-electron chi connectivity index (χ2n) is 5.77. The lowest BCUT2D eigenvalue weighted by Gasteiger charge is -2.22. The van der Waals surface area contributed by atoms with Gasteiger partial charge in [-0.25, -0.2) is 4.39 Å². The molecule has 0 atom stereocenters. The van der Waals surface area contributed by atoms with Crippen LogP contribution in [0.4, 0.5) is 15.8 Å². The smallest absolute Gasteiger partial charge is 0.262 e. The molecular formula is C18H17BrClFN2O2. The van der Waals surface area contributed by atoms with Crippen LogP contribution >= 0.6 is 27.5 Å². The standard InChI is InChI=1S/C18H17BrClFN2O2/c19-12-3-6-17(14(21)9-12)25-11-18(24)22-15-10-13(20)4-5-16(15)23-7-1-2-8-23/h3-6,9-10H,1-2,7-8,11H2,(H,22,24). The van der Waals surface area contributed by atoms with Crippen molar-refractivity contribution in [3.8, 4) is 5.75 Å². The molecule has 1 N–H and O–H groups in total. The van der Waals surface area contributed by atoms with Crippen molar-refractivity contribution in [3.63, 3.8) is 0 Å². The van der Waals surface area contributed by atoms with Crippen LogP contribution < -0.4 is 15.0 Å². The number of benzene rings is 2. The molecule has 132 valence electrons. The summed E-state index contributed by atoms with van der Waals surface area (Å²) in [6.45, 7) is 1.61. The molecule has 4 nitrogen and oxygen atoms in total. The van der Waals surface area contributed by atoms with Crippen LogP contribution in [0.5, 0.6) is 5.75 Å². The summed E-state index contributed by atoms with van der Waals surface area (Å²) in [5, 5.41) is 3.35. The molecule has 2 aromatic rings. The third-order valence-corrected chi connectivity index (χ3v) is 4.66. The zero-order valence-electron chi connectivity index (χ0n) is 13.4. The van der Waals surface area contributed by atoms with Crippen LogP contribution in [-0.4, -0.2) is 25.6 Å². The number of amides is 1. The van der Waals surface area contributed by atoms with Gasteiger partial charge in [-0.05, 0) is 49.2 Å². The Labute approximate surface area is 159 Å². The number of carbonyl (C=O) groups is 1. The third kappa shape index (κ3) is 4.64. The largest absolute Gasteiger partial charge is 0.481 e. The van der Waals surface area contributed by atoms with Crippen molar-refractivity contribution >= 4 is 44.8 Å². The van der Waals surface area contributed by atoms with E-state index in [0.717, 1.165) is 31.6 Å². The van der Waals surface area contributed by atoms with E-state index in [1.165, 1.54) is 12.1 Å². The van der Waals surface area contributed by atoms with Gasteiger partial charge in [0, 0.05) is 22.6 Å². The van der Waals surface area contributed by atoms with E-state index in [0.29, 0.717) is 15.2 Å². The normalized spacial score (nSPS) is 13.8. The molecule has 0 spiro atoms. The van der Waals surface area contributed by atoms with Gasteiger partial charge in [-0.1, -0.05) is 27.5 Å². The fraction of sp³-hybridized carbons (Fsp3) is 0.278. The van der Waals surface area contributed by atoms with E-state index in [2.05, 4.69) is 26.1 Å². The van der Waals surface area contributed by atoms with Crippen molar-refractivity contribution in [2.75, 3.05) is 29.9 Å². The van der Waals surface area contributed by atoms with Gasteiger partial charge in [0.15, 0.2) is 18.2 Å². The van der Waals surface area contributed by atoms with Crippen LogP contribution in [0.15, 0.2) is 40.9 Å². The fourth-order valence-corrected chi connectivity index (χ4v) is 3.27. The van der Waals surface area contributed by atoms with E-state index in [9.17, 15) is 9.18 Å². The van der Waals surface area contributed by atoms with Crippen molar-refractivity contribution in [1.29, 1.82) is 0 Å². The summed E-state index contributed by atoms with van der Waals surface area (Å²) in [5.41, 5.74) is 1.57. The van der Waals surface area contributed by atoms with E-state index >= 15 is 0 Å². The summed E-state index contributed by atoms with van der Waals surface area (Å²) >= 11 is 9.24. The lowest BCUT2D eigenvalue weighted by molar-refractivity contribution is -0.118. The molecule has 0 bridgehead atoms. The minimum Gasteiger partial charge on any atom is -0.481 e. The minimum absolute atomic E-state index is 0.0317. The topological polar surface area (TPSA) is 41.6 Å². The Morgan fingerprint density at radius 2 is 2.00 bits per heavy atom. The van der Waals surface area contributed by atoms with Crippen LogP contribution in [0.1, 0.15) is 12.8 Å². The lowest BCUT2D eigenvalue weighted by Crippen LogP contribution is -2.24. The number of hydrogen-bond acceptors (Lipinski definition) is 3. The fourth-order valence-electron chi connectivity index (χ4n) is 2.76. The Morgan fingerprint density at radius 3 is 2.72 bits per heavy atom. The number of ether oxygens (including phenoxy) is 1. The van der Waals surface area contributed by atoms with E-state index in [1.807, 2.05) is 6.07 Å². The van der Waals surface area contributed by atoms with E-state index in [-0.39, 0.29) is 18.3 Å². The van der Waals surface area contributed by atoms with Gasteiger partial charge >= 0.3 is 0 Å². The molecule has 0 aromatic heterocycles. The molecule has 1 aliphatic rings. The molecule has 1 amide bonds. The number of nitrogens with zero attached hydrogens (tertiary/aromatic N) is 1. The van der Waals surface area contributed by atoms with Crippen LogP contribution in [0, 0.1) is 5.82 Å². The molecule has 7 heteroatoms. The molecule has 1 aliphatic heterocycles. The van der Waals surface area contributed by atoms with Gasteiger partial charge in [-0.2, -0.15) is 0 Å². The van der Waals surface area contributed by atoms with Crippen LogP contribution in [0.2, 0.25) is 5.02 Å². The number of anilines is 2. The molecule has 1 fully saturated rings. The van der Waals surface area contributed by atoms with Crippen LogP contribution in [0.3, 0.4) is 0 Å². The summed E-state index contributed by atoms with van der Waals surface area (Å²) in [4.78, 5) is 14.4. The Bertz CT molecular complexity index is 782. The summed E-state index contributed by atoms with van der Waals surface area (Å²) in [7, 11) is 0. The number of nitrogens with one attached hydrogen (secondary N) is 1. The maximum atomic E-state index is 13.7. The monoisotopic (exact) mass is 426 g/mol. The van der Waals surface area contributed by atoms with E-state index in [4.69, 9.17) is 16.3 Å². The maximum Gasteiger partial charge on any atom is 0.262 e. The van der Waals surface area contributed by atoms with Crippen LogP contribution in [-0.2, 0) is 4.79 Å². The minimum atomic E-state index is -0.525. The molecule has 2 aromatic carbocycles. The number of halogens is 3. The molecular weight excluding hydrogens is 411 g/mol. The van der Waals surface area contributed by atoms with Gasteiger partial charge in [-0.3, -0.25) is 4.79 Å². The summed E-state index contributed by atoms with van der Waals surface area (Å²) in [6, 6.07) is 9.83. The van der Waals surface area contributed by atoms with Crippen LogP contribution in [0.25, 0.3) is 0 Å². The summed E-state index contributed by atoms with van der Waals surface area (Å²) in [5.74, 6) is -0.864. The van der Waals surface area contributed by atoms with Gasteiger partial charge in [-0.15, -0.1) is 0 Å². The summed E-state index contributed by atoms with van der Waals surface area (Å²) < 4.78 is 19.6. The predicted octanol–water partition coefficient (Wildman–Crippen LogP) is 4.86. The van der Waals surface area contributed by atoms with Crippen molar-refractivity contribution in [2.24, 2.45) is 0 Å². The van der Waals surface area contributed by atoms with Crippen molar-refractivity contribution in [2.45, 2.75) is 12.8 Å². The number of rotatable bonds is 5. The Hall–Kier alpha value is -1.79. The molecule has 25 heavy (non-hydrogen) atoms. The molecule has 0 unspecified atom stereocenters. The number of carbonyl (C=O) groups excluding carboxylic acids is 1. The van der Waals surface area contributed by atoms with Crippen molar-refractivity contribution in [3.05, 3.63) is 51.7 Å². The first kappa shape index (κ1) is 18.0. The second-order valence-corrected chi connectivity index (χ2v) is 7.12. The zero-order chi connectivity index (χ0) is 17.8. The van der Waals surface area contributed by atoms with Crippen molar-refractivity contribution < 1.29 is 13.9 Å². The van der Waals surface area contributed by atoms with Crippen molar-refractivity contribution in [1.82, 2.24) is 0 Å². The Kier molecular flexibility index (Phi) is 5.81. The third-order valence-electron chi connectivity index (χ3n) is 3.93. The Morgan fingerprint density at radius 1 is 1.24 bits per heavy atom. The van der Waals surface area contributed by atoms with Gasteiger partial charge in [0.2, 0.25) is 0 Å². The first-order valence-corrected chi connectivity index (χ1v) is 9.12. The quantitative estimate of drug-likeness (QED) is 0.741. The van der Waals surface area contributed by atoms with Gasteiger partial charge in [0.1, 0.15) is 0 Å². The van der Waals surface area contributed by atoms with Gasteiger partial charge < -0.3 is 15.0 Å². The zero-order valence-corrected chi connectivity index (χ0v) is 15.7. The second kappa shape index (κ2) is 8.06. The van der Waals surface area contributed by atoms with E-state index < -0.39 is 5.82 Å². The highest BCUT2D eigenvalue weighted by Gasteiger charge is 2.17. The van der Waals surface area contributed by atoms with E-state index in [1.54, 1.807) is 18.2 Å².